The predicted molar refractivity (Wildman–Crippen MR) is 120 cm³/mol. The third-order valence-electron chi connectivity index (χ3n) is 5.88. The molecule has 1 atom stereocenters. The highest BCUT2D eigenvalue weighted by Gasteiger charge is 2.28. The SMILES string of the molecule is Cn1cc(CN2CCCC2c2cnc(Nc3ccc(C#N)nc3)cn2)c2ccccc21. The van der Waals surface area contributed by atoms with E-state index in [-0.39, 0.29) is 6.04 Å². The van der Waals surface area contributed by atoms with E-state index in [0.717, 1.165) is 37.3 Å². The first-order valence-electron chi connectivity index (χ1n) is 10.4. The smallest absolute Gasteiger partial charge is 0.148 e. The summed E-state index contributed by atoms with van der Waals surface area (Å²) in [6.07, 6.45) is 9.74. The first-order chi connectivity index (χ1) is 15.2. The summed E-state index contributed by atoms with van der Waals surface area (Å²) in [6, 6.07) is 14.3. The second-order valence-electron chi connectivity index (χ2n) is 7.91. The van der Waals surface area contributed by atoms with Crippen LogP contribution in [0.15, 0.2) is 61.2 Å². The van der Waals surface area contributed by atoms with Gasteiger partial charge in [-0.05, 0) is 43.1 Å². The Morgan fingerprint density at radius 2 is 2.00 bits per heavy atom. The van der Waals surface area contributed by atoms with E-state index in [1.165, 1.54) is 16.5 Å². The number of para-hydroxylation sites is 1. The van der Waals surface area contributed by atoms with Crippen molar-refractivity contribution in [3.8, 4) is 6.07 Å². The van der Waals surface area contributed by atoms with Crippen molar-refractivity contribution in [1.82, 2.24) is 24.4 Å². The van der Waals surface area contributed by atoms with Gasteiger partial charge in [-0.25, -0.2) is 9.97 Å². The summed E-state index contributed by atoms with van der Waals surface area (Å²) in [5, 5.41) is 13.4. The van der Waals surface area contributed by atoms with E-state index in [0.29, 0.717) is 11.5 Å². The number of nitriles is 1. The Hall–Kier alpha value is -3.76. The topological polar surface area (TPSA) is 82.7 Å². The molecule has 3 aromatic heterocycles. The standard InChI is InChI=1S/C24H23N7/c1-30-15-17(20-5-2-3-6-22(20)30)16-31-10-4-7-23(31)21-13-28-24(14-27-21)29-19-9-8-18(11-25)26-12-19/h2-3,5-6,8-9,12-15,23H,4,7,10,16H2,1H3,(H,28,29). The second-order valence-corrected chi connectivity index (χ2v) is 7.91. The fourth-order valence-electron chi connectivity index (χ4n) is 4.38. The van der Waals surface area contributed by atoms with Crippen LogP contribution in [0.4, 0.5) is 11.5 Å². The molecule has 0 amide bonds. The normalized spacial score (nSPS) is 16.5. The van der Waals surface area contributed by atoms with Crippen LogP contribution >= 0.6 is 0 Å². The summed E-state index contributed by atoms with van der Waals surface area (Å²) in [5.41, 5.74) is 4.78. The van der Waals surface area contributed by atoms with Gasteiger partial charge < -0.3 is 9.88 Å². The van der Waals surface area contributed by atoms with Gasteiger partial charge in [-0.3, -0.25) is 9.88 Å². The predicted octanol–water partition coefficient (Wildman–Crippen LogP) is 4.32. The Balaban J connectivity index is 1.31. The van der Waals surface area contributed by atoms with E-state index in [1.54, 1.807) is 18.5 Å². The van der Waals surface area contributed by atoms with E-state index in [2.05, 4.69) is 62.3 Å². The minimum Gasteiger partial charge on any atom is -0.350 e. The number of fused-ring (bicyclic) bond motifs is 1. The maximum Gasteiger partial charge on any atom is 0.148 e. The molecule has 7 heteroatoms. The van der Waals surface area contributed by atoms with Gasteiger partial charge in [0.05, 0.1) is 36.0 Å². The van der Waals surface area contributed by atoms with Gasteiger partial charge in [0.15, 0.2) is 0 Å². The average Bonchev–Trinajstić information content (AvgIpc) is 3.40. The lowest BCUT2D eigenvalue weighted by molar-refractivity contribution is 0.245. The van der Waals surface area contributed by atoms with Crippen molar-refractivity contribution in [2.75, 3.05) is 11.9 Å². The van der Waals surface area contributed by atoms with Crippen LogP contribution in [-0.4, -0.2) is 31.0 Å². The van der Waals surface area contributed by atoms with Gasteiger partial charge in [-0.1, -0.05) is 18.2 Å². The number of pyridine rings is 1. The number of rotatable bonds is 5. The van der Waals surface area contributed by atoms with Crippen LogP contribution in [0.5, 0.6) is 0 Å². The van der Waals surface area contributed by atoms with Crippen LogP contribution in [0.1, 0.15) is 35.8 Å². The van der Waals surface area contributed by atoms with Crippen LogP contribution in [0.3, 0.4) is 0 Å². The van der Waals surface area contributed by atoms with Crippen molar-refractivity contribution in [2.45, 2.75) is 25.4 Å². The van der Waals surface area contributed by atoms with Gasteiger partial charge in [0.1, 0.15) is 17.6 Å². The highest BCUT2D eigenvalue weighted by Crippen LogP contribution is 2.33. The summed E-state index contributed by atoms with van der Waals surface area (Å²) in [4.78, 5) is 15.8. The van der Waals surface area contributed by atoms with E-state index in [9.17, 15) is 0 Å². The van der Waals surface area contributed by atoms with Crippen LogP contribution in [0.2, 0.25) is 0 Å². The lowest BCUT2D eigenvalue weighted by Crippen LogP contribution is -2.23. The molecule has 154 valence electrons. The van der Waals surface area contributed by atoms with Crippen molar-refractivity contribution in [1.29, 1.82) is 5.26 Å². The van der Waals surface area contributed by atoms with Crippen LogP contribution in [-0.2, 0) is 13.6 Å². The number of hydrogen-bond donors (Lipinski definition) is 1. The third-order valence-corrected chi connectivity index (χ3v) is 5.88. The van der Waals surface area contributed by atoms with E-state index >= 15 is 0 Å². The molecule has 1 aliphatic rings. The number of likely N-dealkylation sites (tertiary alicyclic amines) is 1. The zero-order chi connectivity index (χ0) is 21.2. The highest BCUT2D eigenvalue weighted by atomic mass is 15.2. The number of aryl methyl sites for hydroxylation is 1. The molecule has 0 radical (unpaired) electrons. The molecule has 0 saturated carbocycles. The Morgan fingerprint density at radius 1 is 1.10 bits per heavy atom. The average molecular weight is 409 g/mol. The zero-order valence-corrected chi connectivity index (χ0v) is 17.4. The fraction of sp³-hybridized carbons (Fsp3) is 0.250. The van der Waals surface area contributed by atoms with Crippen molar-refractivity contribution in [3.05, 3.63) is 78.1 Å². The summed E-state index contributed by atoms with van der Waals surface area (Å²) in [7, 11) is 2.11. The van der Waals surface area contributed by atoms with Gasteiger partial charge in [0.25, 0.3) is 0 Å². The number of nitrogens with one attached hydrogen (secondary N) is 1. The molecule has 4 aromatic rings. The molecule has 1 aliphatic heterocycles. The van der Waals surface area contributed by atoms with Crippen molar-refractivity contribution >= 4 is 22.4 Å². The third kappa shape index (κ3) is 3.86. The molecule has 1 saturated heterocycles. The lowest BCUT2D eigenvalue weighted by atomic mass is 10.1. The van der Waals surface area contributed by atoms with E-state index in [4.69, 9.17) is 10.2 Å². The largest absolute Gasteiger partial charge is 0.350 e. The Kier molecular flexibility index (Phi) is 5.06. The monoisotopic (exact) mass is 409 g/mol. The zero-order valence-electron chi connectivity index (χ0n) is 17.4. The number of hydrogen-bond acceptors (Lipinski definition) is 6. The maximum absolute atomic E-state index is 8.86. The lowest BCUT2D eigenvalue weighted by Gasteiger charge is -2.23. The molecule has 0 bridgehead atoms. The first kappa shape index (κ1) is 19.2. The molecular weight excluding hydrogens is 386 g/mol. The molecule has 1 unspecified atom stereocenters. The van der Waals surface area contributed by atoms with Crippen molar-refractivity contribution in [3.63, 3.8) is 0 Å². The fourth-order valence-corrected chi connectivity index (χ4v) is 4.38. The van der Waals surface area contributed by atoms with Gasteiger partial charge in [-0.15, -0.1) is 0 Å². The minimum absolute atomic E-state index is 0.275. The minimum atomic E-state index is 0.275. The van der Waals surface area contributed by atoms with E-state index in [1.807, 2.05) is 18.3 Å². The quantitative estimate of drug-likeness (QED) is 0.529. The summed E-state index contributed by atoms with van der Waals surface area (Å²) >= 11 is 0. The molecule has 4 heterocycles. The van der Waals surface area contributed by atoms with Gasteiger partial charge >= 0.3 is 0 Å². The Labute approximate surface area is 181 Å². The van der Waals surface area contributed by atoms with Gasteiger partial charge in [-0.2, -0.15) is 5.26 Å². The Morgan fingerprint density at radius 3 is 2.77 bits per heavy atom. The molecule has 7 nitrogen and oxygen atoms in total. The molecule has 0 spiro atoms. The Bertz CT molecular complexity index is 1240. The second kappa shape index (κ2) is 8.17. The summed E-state index contributed by atoms with van der Waals surface area (Å²) in [6.45, 7) is 1.97. The van der Waals surface area contributed by atoms with Crippen LogP contribution < -0.4 is 5.32 Å². The number of anilines is 2. The van der Waals surface area contributed by atoms with Crippen molar-refractivity contribution < 1.29 is 0 Å². The summed E-state index contributed by atoms with van der Waals surface area (Å²) in [5.74, 6) is 0.661. The van der Waals surface area contributed by atoms with Crippen LogP contribution in [0.25, 0.3) is 10.9 Å². The highest BCUT2D eigenvalue weighted by molar-refractivity contribution is 5.83. The molecule has 1 fully saturated rings. The van der Waals surface area contributed by atoms with Crippen LogP contribution in [0, 0.1) is 11.3 Å². The van der Waals surface area contributed by atoms with Crippen molar-refractivity contribution in [2.24, 2.45) is 7.05 Å². The summed E-state index contributed by atoms with van der Waals surface area (Å²) < 4.78 is 2.20. The number of aromatic nitrogens is 4. The van der Waals surface area contributed by atoms with Gasteiger partial charge in [0.2, 0.25) is 0 Å². The van der Waals surface area contributed by atoms with E-state index < -0.39 is 0 Å². The number of nitrogens with zero attached hydrogens (tertiary/aromatic N) is 6. The number of benzene rings is 1. The first-order valence-corrected chi connectivity index (χ1v) is 10.4. The maximum atomic E-state index is 8.86. The molecular formula is C24H23N7. The molecule has 5 rings (SSSR count). The molecule has 31 heavy (non-hydrogen) atoms. The van der Waals surface area contributed by atoms with Gasteiger partial charge in [0, 0.05) is 30.7 Å². The molecule has 1 N–H and O–H groups in total. The molecule has 1 aromatic carbocycles. The molecule has 0 aliphatic carbocycles.